The third kappa shape index (κ3) is 0.927. The van der Waals surface area contributed by atoms with Crippen molar-refractivity contribution in [1.82, 2.24) is 0 Å². The van der Waals surface area contributed by atoms with E-state index in [1.807, 2.05) is 0 Å². The Labute approximate surface area is 70.9 Å². The summed E-state index contributed by atoms with van der Waals surface area (Å²) >= 11 is 0. The molecule has 2 aliphatic heterocycles. The Morgan fingerprint density at radius 3 is 3.08 bits per heavy atom. The maximum absolute atomic E-state index is 11.9. The van der Waals surface area contributed by atoms with Crippen molar-refractivity contribution >= 4 is 0 Å². The second-order valence-corrected chi connectivity index (χ2v) is 3.60. The summed E-state index contributed by atoms with van der Waals surface area (Å²) < 4.78 is -0.350. The number of hydroxylamine groups is 3. The SMILES string of the molecule is [O-][N@@+]12CC=C(CO)[C@@H]1[C@H](O)CC2. The van der Waals surface area contributed by atoms with E-state index < -0.39 is 6.10 Å². The van der Waals surface area contributed by atoms with Crippen LogP contribution in [-0.2, 0) is 0 Å². The van der Waals surface area contributed by atoms with E-state index >= 15 is 0 Å². The number of aliphatic hydroxyl groups excluding tert-OH is 2. The third-order valence-corrected chi connectivity index (χ3v) is 2.90. The fraction of sp³-hybridized carbons (Fsp3) is 0.750. The van der Waals surface area contributed by atoms with E-state index in [-0.39, 0.29) is 17.3 Å². The Balaban J connectivity index is 2.25. The minimum atomic E-state index is -0.552. The van der Waals surface area contributed by atoms with E-state index in [1.165, 1.54) is 0 Å². The predicted octanol–water partition coefficient (Wildman–Crippen LogP) is -0.634. The zero-order valence-electron chi connectivity index (χ0n) is 6.81. The highest BCUT2D eigenvalue weighted by molar-refractivity contribution is 5.17. The van der Waals surface area contributed by atoms with Crippen molar-refractivity contribution in [2.75, 3.05) is 19.7 Å². The zero-order valence-corrected chi connectivity index (χ0v) is 6.81. The molecule has 12 heavy (non-hydrogen) atoms. The highest BCUT2D eigenvalue weighted by Crippen LogP contribution is 2.35. The van der Waals surface area contributed by atoms with Crippen molar-refractivity contribution in [2.45, 2.75) is 18.6 Å². The number of rotatable bonds is 1. The fourth-order valence-corrected chi connectivity index (χ4v) is 2.27. The molecule has 1 fully saturated rings. The molecule has 4 heteroatoms. The maximum Gasteiger partial charge on any atom is 0.139 e. The van der Waals surface area contributed by atoms with Gasteiger partial charge in [-0.3, -0.25) is 0 Å². The van der Waals surface area contributed by atoms with Gasteiger partial charge in [0.15, 0.2) is 0 Å². The van der Waals surface area contributed by atoms with Gasteiger partial charge in [-0.25, -0.2) is 0 Å². The van der Waals surface area contributed by atoms with Crippen molar-refractivity contribution in [2.24, 2.45) is 0 Å². The Kier molecular flexibility index (Phi) is 1.73. The summed E-state index contributed by atoms with van der Waals surface area (Å²) in [6.45, 7) is 0.799. The van der Waals surface area contributed by atoms with Gasteiger partial charge in [0.25, 0.3) is 0 Å². The number of quaternary nitrogens is 1. The Bertz CT molecular complexity index is 228. The minimum Gasteiger partial charge on any atom is -0.632 e. The molecule has 2 N–H and O–H groups in total. The van der Waals surface area contributed by atoms with Crippen molar-refractivity contribution in [3.05, 3.63) is 16.9 Å². The van der Waals surface area contributed by atoms with Gasteiger partial charge in [0.1, 0.15) is 12.1 Å². The average Bonchev–Trinajstić information content (AvgIpc) is 2.51. The first kappa shape index (κ1) is 8.19. The molecular formula is C8H13NO3. The Morgan fingerprint density at radius 1 is 1.67 bits per heavy atom. The van der Waals surface area contributed by atoms with Gasteiger partial charge in [-0.15, -0.1) is 0 Å². The van der Waals surface area contributed by atoms with Gasteiger partial charge in [-0.1, -0.05) is 0 Å². The summed E-state index contributed by atoms with van der Waals surface area (Å²) in [6, 6.07) is -0.380. The van der Waals surface area contributed by atoms with E-state index in [0.29, 0.717) is 19.5 Å². The third-order valence-electron chi connectivity index (χ3n) is 2.90. The summed E-state index contributed by atoms with van der Waals surface area (Å²) in [4.78, 5) is 0. The van der Waals surface area contributed by atoms with Crippen molar-refractivity contribution < 1.29 is 14.9 Å². The van der Waals surface area contributed by atoms with Gasteiger partial charge >= 0.3 is 0 Å². The quantitative estimate of drug-likeness (QED) is 0.313. The van der Waals surface area contributed by atoms with Gasteiger partial charge in [-0.2, -0.15) is 0 Å². The zero-order chi connectivity index (χ0) is 8.77. The lowest BCUT2D eigenvalue weighted by atomic mass is 10.1. The van der Waals surface area contributed by atoms with Crippen LogP contribution in [0.2, 0.25) is 0 Å². The van der Waals surface area contributed by atoms with Crippen LogP contribution in [0.3, 0.4) is 0 Å². The van der Waals surface area contributed by atoms with Crippen LogP contribution in [0.25, 0.3) is 0 Å². The Hall–Kier alpha value is -0.420. The minimum absolute atomic E-state index is 0.0933. The van der Waals surface area contributed by atoms with Crippen molar-refractivity contribution in [1.29, 1.82) is 0 Å². The van der Waals surface area contributed by atoms with E-state index in [4.69, 9.17) is 5.11 Å². The number of aliphatic hydroxyl groups is 2. The van der Waals surface area contributed by atoms with Crippen LogP contribution in [0.15, 0.2) is 11.6 Å². The van der Waals surface area contributed by atoms with Gasteiger partial charge in [0.2, 0.25) is 0 Å². The number of hydrogen-bond donors (Lipinski definition) is 2. The summed E-state index contributed by atoms with van der Waals surface area (Å²) in [5.41, 5.74) is 0.718. The molecule has 68 valence electrons. The van der Waals surface area contributed by atoms with E-state index in [2.05, 4.69) is 0 Å². The van der Waals surface area contributed by atoms with Gasteiger partial charge < -0.3 is 20.1 Å². The fourth-order valence-electron chi connectivity index (χ4n) is 2.27. The first-order chi connectivity index (χ1) is 5.67. The molecule has 0 aliphatic carbocycles. The second kappa shape index (κ2) is 2.53. The lowest BCUT2D eigenvalue weighted by Gasteiger charge is -2.40. The van der Waals surface area contributed by atoms with E-state index in [1.54, 1.807) is 6.08 Å². The molecule has 0 unspecified atom stereocenters. The first-order valence-electron chi connectivity index (χ1n) is 4.23. The van der Waals surface area contributed by atoms with Gasteiger partial charge in [0, 0.05) is 12.0 Å². The van der Waals surface area contributed by atoms with Crippen LogP contribution in [-0.4, -0.2) is 46.7 Å². The van der Waals surface area contributed by atoms with E-state index in [9.17, 15) is 10.3 Å². The molecule has 0 aromatic carbocycles. The molecular weight excluding hydrogens is 158 g/mol. The Morgan fingerprint density at radius 2 is 2.42 bits per heavy atom. The van der Waals surface area contributed by atoms with Crippen LogP contribution in [0, 0.1) is 5.21 Å². The highest BCUT2D eigenvalue weighted by atomic mass is 16.6. The van der Waals surface area contributed by atoms with Crippen molar-refractivity contribution in [3.8, 4) is 0 Å². The molecule has 0 radical (unpaired) electrons. The molecule has 0 bridgehead atoms. The molecule has 0 saturated carbocycles. The number of fused-ring (bicyclic) bond motifs is 1. The molecule has 1 saturated heterocycles. The van der Waals surface area contributed by atoms with Crippen LogP contribution < -0.4 is 0 Å². The first-order valence-corrected chi connectivity index (χ1v) is 4.23. The lowest BCUT2D eigenvalue weighted by molar-refractivity contribution is -0.877. The molecule has 0 aromatic rings. The average molecular weight is 171 g/mol. The lowest BCUT2D eigenvalue weighted by Crippen LogP contribution is -2.46. The number of nitrogens with zero attached hydrogens (tertiary/aromatic N) is 1. The second-order valence-electron chi connectivity index (χ2n) is 3.60. The molecule has 0 aromatic heterocycles. The monoisotopic (exact) mass is 171 g/mol. The molecule has 4 nitrogen and oxygen atoms in total. The largest absolute Gasteiger partial charge is 0.632 e. The molecule has 2 heterocycles. The van der Waals surface area contributed by atoms with Gasteiger partial charge in [-0.05, 0) is 6.08 Å². The molecule has 2 aliphatic rings. The normalized spacial score (nSPS) is 46.1. The molecule has 0 amide bonds. The maximum atomic E-state index is 11.9. The molecule has 0 spiro atoms. The van der Waals surface area contributed by atoms with Gasteiger partial charge in [0.05, 0.1) is 19.7 Å². The summed E-state index contributed by atoms with van der Waals surface area (Å²) in [5, 5.41) is 30.3. The van der Waals surface area contributed by atoms with Crippen molar-refractivity contribution in [3.63, 3.8) is 0 Å². The van der Waals surface area contributed by atoms with Crippen LogP contribution in [0.1, 0.15) is 6.42 Å². The predicted molar refractivity (Wildman–Crippen MR) is 42.9 cm³/mol. The topological polar surface area (TPSA) is 63.5 Å². The summed E-state index contributed by atoms with van der Waals surface area (Å²) in [5.74, 6) is 0. The highest BCUT2D eigenvalue weighted by Gasteiger charge is 2.46. The smallest absolute Gasteiger partial charge is 0.139 e. The molecule has 3 atom stereocenters. The summed E-state index contributed by atoms with van der Waals surface area (Å²) in [7, 11) is 0. The number of hydrogen-bond acceptors (Lipinski definition) is 3. The van der Waals surface area contributed by atoms with Crippen LogP contribution in [0.4, 0.5) is 0 Å². The summed E-state index contributed by atoms with van der Waals surface area (Å²) in [6.07, 6.45) is 1.77. The van der Waals surface area contributed by atoms with Crippen LogP contribution in [0.5, 0.6) is 0 Å². The molecule has 2 rings (SSSR count). The standard InChI is InChI=1S/C8H13NO3/c10-5-6-1-3-9(12)4-2-7(11)8(6)9/h1,7-8,10-11H,2-5H2/t7-,8-,9-/m1/s1. The van der Waals surface area contributed by atoms with Crippen LogP contribution >= 0.6 is 0 Å². The van der Waals surface area contributed by atoms with E-state index in [0.717, 1.165) is 5.57 Å².